The van der Waals surface area contributed by atoms with Gasteiger partial charge in [0.25, 0.3) is 0 Å². The third-order valence-corrected chi connectivity index (χ3v) is 2.35. The molecule has 0 N–H and O–H groups in total. The molecule has 0 unspecified atom stereocenters. The van der Waals surface area contributed by atoms with Crippen LogP contribution in [0.5, 0.6) is 0 Å². The zero-order chi connectivity index (χ0) is 8.43. The Morgan fingerprint density at radius 1 is 1.55 bits per heavy atom. The minimum Gasteiger partial charge on any atom is -0.282 e. The predicted molar refractivity (Wildman–Crippen MR) is 49.9 cm³/mol. The van der Waals surface area contributed by atoms with Gasteiger partial charge in [-0.25, -0.2) is 0 Å². The van der Waals surface area contributed by atoms with Crippen molar-refractivity contribution in [2.75, 3.05) is 0 Å². The molecule has 0 fully saturated rings. The minimum absolute atomic E-state index is 0.192. The Morgan fingerprint density at radius 3 is 2.64 bits per heavy atom. The Kier molecular flexibility index (Phi) is 2.52. The molecule has 0 spiro atoms. The van der Waals surface area contributed by atoms with E-state index in [1.807, 2.05) is 19.1 Å². The highest BCUT2D eigenvalue weighted by molar-refractivity contribution is 7.97. The quantitative estimate of drug-likeness (QED) is 0.500. The van der Waals surface area contributed by atoms with Gasteiger partial charge in [0.1, 0.15) is 0 Å². The van der Waals surface area contributed by atoms with Crippen molar-refractivity contribution < 1.29 is 4.79 Å². The molecule has 0 aliphatic heterocycles. The Hall–Kier alpha value is -0.543. The second kappa shape index (κ2) is 3.24. The van der Waals surface area contributed by atoms with Crippen molar-refractivity contribution in [3.8, 4) is 0 Å². The van der Waals surface area contributed by atoms with E-state index in [-0.39, 0.29) is 5.12 Å². The van der Waals surface area contributed by atoms with Crippen LogP contribution in [0.2, 0.25) is 0 Å². The van der Waals surface area contributed by atoms with Gasteiger partial charge in [-0.2, -0.15) is 0 Å². The first kappa shape index (κ1) is 8.55. The normalized spacial score (nSPS) is 9.73. The number of carbonyl (C=O) groups is 1. The number of rotatable bonds is 1. The molecule has 0 amide bonds. The van der Waals surface area contributed by atoms with E-state index in [9.17, 15) is 4.79 Å². The lowest BCUT2D eigenvalue weighted by Gasteiger charge is -2.02. The molecule has 0 heterocycles. The number of hydrogen-bond donors (Lipinski definition) is 1. The van der Waals surface area contributed by atoms with E-state index >= 15 is 0 Å². The van der Waals surface area contributed by atoms with Gasteiger partial charge in [-0.3, -0.25) is 4.79 Å². The van der Waals surface area contributed by atoms with Crippen LogP contribution in [0.1, 0.15) is 15.9 Å². The maximum atomic E-state index is 10.9. The average Bonchev–Trinajstić information content (AvgIpc) is 1.94. The Labute approximate surface area is 74.6 Å². The Balaban J connectivity index is 3.27. The van der Waals surface area contributed by atoms with Crippen molar-refractivity contribution in [1.29, 1.82) is 0 Å². The van der Waals surface area contributed by atoms with Crippen molar-refractivity contribution in [1.82, 2.24) is 0 Å². The zero-order valence-corrected chi connectivity index (χ0v) is 7.98. The van der Waals surface area contributed by atoms with Gasteiger partial charge >= 0.3 is 0 Å². The van der Waals surface area contributed by atoms with Gasteiger partial charge in [0.05, 0.1) is 10.2 Å². The van der Waals surface area contributed by atoms with E-state index < -0.39 is 0 Å². The highest BCUT2D eigenvalue weighted by Gasteiger charge is 2.04. The van der Waals surface area contributed by atoms with E-state index in [0.29, 0.717) is 5.56 Å². The summed E-state index contributed by atoms with van der Waals surface area (Å²) in [5.74, 6) is 0. The first-order valence-corrected chi connectivity index (χ1v) is 4.12. The van der Waals surface area contributed by atoms with Crippen molar-refractivity contribution in [3.05, 3.63) is 29.3 Å². The van der Waals surface area contributed by atoms with Crippen molar-refractivity contribution >= 4 is 33.2 Å². The molecule has 0 saturated heterocycles. The first-order valence-electron chi connectivity index (χ1n) is 3.17. The summed E-state index contributed by atoms with van der Waals surface area (Å²) in [6, 6.07) is 5.47. The van der Waals surface area contributed by atoms with Gasteiger partial charge in [0, 0.05) is 5.56 Å². The summed E-state index contributed by atoms with van der Waals surface area (Å²) in [6.07, 6.45) is 0. The summed E-state index contributed by atoms with van der Waals surface area (Å²) in [5.41, 5.74) is 1.59. The molecule has 1 nitrogen and oxygen atoms in total. The number of carbonyl (C=O) groups excluding carboxylic acids is 1. The van der Waals surface area contributed by atoms with Crippen LogP contribution in [0.15, 0.2) is 18.2 Å². The third-order valence-electron chi connectivity index (χ3n) is 1.56. The lowest BCUT2D eigenvalue weighted by Crippen LogP contribution is -2.10. The second-order valence-electron chi connectivity index (χ2n) is 2.28. The van der Waals surface area contributed by atoms with Crippen LogP contribution in [-0.4, -0.2) is 15.4 Å². The maximum Gasteiger partial charge on any atom is 0.216 e. The Morgan fingerprint density at radius 2 is 2.18 bits per heavy atom. The molecule has 1 aromatic carbocycles. The lowest BCUT2D eigenvalue weighted by molar-refractivity contribution is 0.109. The molecule has 1 aromatic rings. The van der Waals surface area contributed by atoms with E-state index in [2.05, 4.69) is 22.9 Å². The van der Waals surface area contributed by atoms with Gasteiger partial charge < -0.3 is 0 Å². The van der Waals surface area contributed by atoms with Crippen molar-refractivity contribution in [2.45, 2.75) is 6.92 Å². The molecule has 0 aliphatic rings. The standard InChI is InChI=1S/C8H7OSSi/c1-5-6(8(9)10)3-2-4-7(5)11/h2-4H,1H3,(H,9,10). The van der Waals surface area contributed by atoms with E-state index in [0.717, 1.165) is 10.8 Å². The minimum atomic E-state index is -0.192. The molecule has 0 aliphatic carbocycles. The molecule has 0 bridgehead atoms. The largest absolute Gasteiger partial charge is 0.282 e. The summed E-state index contributed by atoms with van der Waals surface area (Å²) < 4.78 is 0. The summed E-state index contributed by atoms with van der Waals surface area (Å²) >= 11 is 3.74. The SMILES string of the molecule is Cc1c([Si])cccc1C(=O)S. The average molecular weight is 179 g/mol. The van der Waals surface area contributed by atoms with Gasteiger partial charge in [-0.15, -0.1) is 12.6 Å². The molecular weight excluding hydrogens is 172 g/mol. The fraction of sp³-hybridized carbons (Fsp3) is 0.125. The number of benzene rings is 1. The molecule has 1 rings (SSSR count). The molecular formula is C8H7OSSi. The third kappa shape index (κ3) is 1.73. The molecule has 0 aromatic heterocycles. The molecule has 3 radical (unpaired) electrons. The van der Waals surface area contributed by atoms with E-state index in [4.69, 9.17) is 0 Å². The highest BCUT2D eigenvalue weighted by atomic mass is 32.1. The van der Waals surface area contributed by atoms with Gasteiger partial charge in [-0.05, 0) is 12.5 Å². The van der Waals surface area contributed by atoms with Crippen LogP contribution >= 0.6 is 12.6 Å². The highest BCUT2D eigenvalue weighted by Crippen LogP contribution is 2.06. The van der Waals surface area contributed by atoms with Gasteiger partial charge in [0.15, 0.2) is 0 Å². The molecule has 55 valence electrons. The fourth-order valence-electron chi connectivity index (χ4n) is 0.867. The number of hydrogen-bond acceptors (Lipinski definition) is 1. The molecule has 11 heavy (non-hydrogen) atoms. The maximum absolute atomic E-state index is 10.9. The topological polar surface area (TPSA) is 17.1 Å². The van der Waals surface area contributed by atoms with Crippen LogP contribution in [0.4, 0.5) is 0 Å². The predicted octanol–water partition coefficient (Wildman–Crippen LogP) is 0.859. The van der Waals surface area contributed by atoms with Crippen LogP contribution in [0, 0.1) is 6.92 Å². The second-order valence-corrected chi connectivity index (χ2v) is 3.23. The van der Waals surface area contributed by atoms with E-state index in [1.165, 1.54) is 0 Å². The summed E-state index contributed by atoms with van der Waals surface area (Å²) in [4.78, 5) is 10.9. The van der Waals surface area contributed by atoms with Crippen LogP contribution in [0.3, 0.4) is 0 Å². The van der Waals surface area contributed by atoms with Gasteiger partial charge in [0.2, 0.25) is 5.12 Å². The van der Waals surface area contributed by atoms with Crippen LogP contribution in [-0.2, 0) is 0 Å². The molecule has 3 heteroatoms. The smallest absolute Gasteiger partial charge is 0.216 e. The summed E-state index contributed by atoms with van der Waals surface area (Å²) in [7, 11) is 3.38. The Bertz CT molecular complexity index is 296. The van der Waals surface area contributed by atoms with Crippen molar-refractivity contribution in [2.24, 2.45) is 0 Å². The van der Waals surface area contributed by atoms with Crippen LogP contribution < -0.4 is 5.19 Å². The fourth-order valence-corrected chi connectivity index (χ4v) is 1.34. The van der Waals surface area contributed by atoms with Gasteiger partial charge in [-0.1, -0.05) is 23.4 Å². The zero-order valence-electron chi connectivity index (χ0n) is 6.09. The molecule has 0 saturated carbocycles. The monoisotopic (exact) mass is 179 g/mol. The van der Waals surface area contributed by atoms with Crippen LogP contribution in [0.25, 0.3) is 0 Å². The van der Waals surface area contributed by atoms with E-state index in [1.54, 1.807) is 6.07 Å². The summed E-state index contributed by atoms with van der Waals surface area (Å²) in [5, 5.41) is 0.743. The lowest BCUT2D eigenvalue weighted by atomic mass is 10.1. The number of thiol groups is 1. The summed E-state index contributed by atoms with van der Waals surface area (Å²) in [6.45, 7) is 1.88. The first-order chi connectivity index (χ1) is 5.13. The van der Waals surface area contributed by atoms with Crippen molar-refractivity contribution in [3.63, 3.8) is 0 Å². The molecule has 0 atom stereocenters.